The van der Waals surface area contributed by atoms with Crippen molar-refractivity contribution in [3.63, 3.8) is 0 Å². The van der Waals surface area contributed by atoms with Gasteiger partial charge in [0, 0.05) is 25.8 Å². The Kier molecular flexibility index (Phi) is 5.77. The molecule has 1 saturated carbocycles. The van der Waals surface area contributed by atoms with E-state index in [9.17, 15) is 0 Å². The summed E-state index contributed by atoms with van der Waals surface area (Å²) in [6.07, 6.45) is 5.42. The standard InChI is InChI=1S/C14H29NO/c1-12(2)10-16-9-8-14(6-5-7-14)11-15-13(3)4/h12-13,15H,5-11H2,1-4H3. The van der Waals surface area contributed by atoms with E-state index in [0.717, 1.165) is 13.2 Å². The van der Waals surface area contributed by atoms with Crippen LogP contribution in [0.1, 0.15) is 53.4 Å². The van der Waals surface area contributed by atoms with Crippen molar-refractivity contribution in [2.75, 3.05) is 19.8 Å². The first-order valence-electron chi connectivity index (χ1n) is 6.85. The summed E-state index contributed by atoms with van der Waals surface area (Å²) < 4.78 is 5.71. The normalized spacial score (nSPS) is 19.1. The predicted molar refractivity (Wildman–Crippen MR) is 69.7 cm³/mol. The Bertz CT molecular complexity index is 185. The molecule has 0 radical (unpaired) electrons. The average Bonchev–Trinajstić information content (AvgIpc) is 2.13. The Morgan fingerprint density at radius 1 is 1.19 bits per heavy atom. The van der Waals surface area contributed by atoms with Gasteiger partial charge in [-0.3, -0.25) is 0 Å². The van der Waals surface area contributed by atoms with Gasteiger partial charge in [0.25, 0.3) is 0 Å². The van der Waals surface area contributed by atoms with Crippen molar-refractivity contribution in [3.8, 4) is 0 Å². The van der Waals surface area contributed by atoms with Gasteiger partial charge in [0.2, 0.25) is 0 Å². The Labute approximate surface area is 101 Å². The van der Waals surface area contributed by atoms with Gasteiger partial charge in [0.1, 0.15) is 0 Å². The molecule has 0 unspecified atom stereocenters. The van der Waals surface area contributed by atoms with Crippen molar-refractivity contribution in [1.29, 1.82) is 0 Å². The van der Waals surface area contributed by atoms with Crippen molar-refractivity contribution in [2.24, 2.45) is 11.3 Å². The summed E-state index contributed by atoms with van der Waals surface area (Å²) in [5.41, 5.74) is 0.557. The Balaban J connectivity index is 2.15. The number of hydrogen-bond donors (Lipinski definition) is 1. The second kappa shape index (κ2) is 6.61. The van der Waals surface area contributed by atoms with Crippen LogP contribution in [0.3, 0.4) is 0 Å². The van der Waals surface area contributed by atoms with Crippen molar-refractivity contribution in [3.05, 3.63) is 0 Å². The molecule has 0 saturated heterocycles. The van der Waals surface area contributed by atoms with E-state index in [1.165, 1.54) is 32.2 Å². The molecule has 0 spiro atoms. The van der Waals surface area contributed by atoms with E-state index < -0.39 is 0 Å². The van der Waals surface area contributed by atoms with Crippen molar-refractivity contribution >= 4 is 0 Å². The van der Waals surface area contributed by atoms with Gasteiger partial charge in [0.05, 0.1) is 0 Å². The number of ether oxygens (including phenoxy) is 1. The molecule has 1 fully saturated rings. The van der Waals surface area contributed by atoms with E-state index in [1.54, 1.807) is 0 Å². The molecule has 0 aliphatic heterocycles. The van der Waals surface area contributed by atoms with Crippen LogP contribution in [0, 0.1) is 11.3 Å². The topological polar surface area (TPSA) is 21.3 Å². The summed E-state index contributed by atoms with van der Waals surface area (Å²) in [7, 11) is 0. The summed E-state index contributed by atoms with van der Waals surface area (Å²) in [5, 5.41) is 3.58. The van der Waals surface area contributed by atoms with E-state index in [-0.39, 0.29) is 0 Å². The fourth-order valence-corrected chi connectivity index (χ4v) is 2.22. The lowest BCUT2D eigenvalue weighted by atomic mass is 9.66. The van der Waals surface area contributed by atoms with E-state index in [0.29, 0.717) is 17.4 Å². The molecule has 0 atom stereocenters. The molecule has 2 heteroatoms. The van der Waals surface area contributed by atoms with Crippen LogP contribution in [0.15, 0.2) is 0 Å². The summed E-state index contributed by atoms with van der Waals surface area (Å²) in [4.78, 5) is 0. The molecule has 1 rings (SSSR count). The van der Waals surface area contributed by atoms with Gasteiger partial charge in [0.15, 0.2) is 0 Å². The molecule has 0 aromatic heterocycles. The largest absolute Gasteiger partial charge is 0.381 e. The molecule has 0 aromatic rings. The van der Waals surface area contributed by atoms with Gasteiger partial charge in [-0.2, -0.15) is 0 Å². The molecular weight excluding hydrogens is 198 g/mol. The van der Waals surface area contributed by atoms with Crippen LogP contribution in [0.5, 0.6) is 0 Å². The fourth-order valence-electron chi connectivity index (χ4n) is 2.22. The maximum absolute atomic E-state index is 5.71. The lowest BCUT2D eigenvalue weighted by molar-refractivity contribution is 0.0392. The molecule has 0 bridgehead atoms. The second-order valence-electron chi connectivity index (χ2n) is 6.11. The van der Waals surface area contributed by atoms with Crippen molar-refractivity contribution < 1.29 is 4.74 Å². The molecule has 1 N–H and O–H groups in total. The van der Waals surface area contributed by atoms with Crippen molar-refractivity contribution in [2.45, 2.75) is 59.4 Å². The number of rotatable bonds is 8. The molecule has 16 heavy (non-hydrogen) atoms. The minimum absolute atomic E-state index is 0.557. The van der Waals surface area contributed by atoms with Gasteiger partial charge in [-0.05, 0) is 30.6 Å². The Hall–Kier alpha value is -0.0800. The highest BCUT2D eigenvalue weighted by Gasteiger charge is 2.36. The van der Waals surface area contributed by atoms with Crippen LogP contribution in [0.25, 0.3) is 0 Å². The summed E-state index contributed by atoms with van der Waals surface area (Å²) in [6.45, 7) is 11.9. The van der Waals surface area contributed by atoms with Gasteiger partial charge in [-0.1, -0.05) is 34.1 Å². The lowest BCUT2D eigenvalue weighted by Gasteiger charge is -2.43. The van der Waals surface area contributed by atoms with Crippen LogP contribution >= 0.6 is 0 Å². The minimum atomic E-state index is 0.557. The zero-order chi connectivity index (χ0) is 12.0. The zero-order valence-corrected chi connectivity index (χ0v) is 11.5. The van der Waals surface area contributed by atoms with Gasteiger partial charge in [-0.15, -0.1) is 0 Å². The van der Waals surface area contributed by atoms with Crippen molar-refractivity contribution in [1.82, 2.24) is 5.32 Å². The zero-order valence-electron chi connectivity index (χ0n) is 11.5. The third-order valence-electron chi connectivity index (χ3n) is 3.53. The van der Waals surface area contributed by atoms with Crippen LogP contribution < -0.4 is 5.32 Å². The average molecular weight is 227 g/mol. The molecule has 1 aliphatic rings. The molecule has 2 nitrogen and oxygen atoms in total. The van der Waals surface area contributed by atoms with E-state index >= 15 is 0 Å². The molecular formula is C14H29NO. The highest BCUT2D eigenvalue weighted by Crippen LogP contribution is 2.43. The van der Waals surface area contributed by atoms with Crippen LogP contribution in [-0.4, -0.2) is 25.8 Å². The van der Waals surface area contributed by atoms with Gasteiger partial charge < -0.3 is 10.1 Å². The highest BCUT2D eigenvalue weighted by atomic mass is 16.5. The van der Waals surface area contributed by atoms with E-state index in [4.69, 9.17) is 4.74 Å². The third-order valence-corrected chi connectivity index (χ3v) is 3.53. The van der Waals surface area contributed by atoms with Crippen LogP contribution in [-0.2, 0) is 4.74 Å². The molecule has 1 aliphatic carbocycles. The first-order chi connectivity index (χ1) is 7.54. The number of nitrogens with one attached hydrogen (secondary N) is 1. The van der Waals surface area contributed by atoms with Crippen LogP contribution in [0.2, 0.25) is 0 Å². The molecule has 96 valence electrons. The summed E-state index contributed by atoms with van der Waals surface area (Å²) in [6, 6.07) is 0.606. The highest BCUT2D eigenvalue weighted by molar-refractivity contribution is 4.89. The maximum atomic E-state index is 5.71. The van der Waals surface area contributed by atoms with Gasteiger partial charge >= 0.3 is 0 Å². The SMILES string of the molecule is CC(C)COCCC1(CNC(C)C)CCC1. The molecule has 0 aromatic carbocycles. The minimum Gasteiger partial charge on any atom is -0.381 e. The summed E-state index contributed by atoms with van der Waals surface area (Å²) in [5.74, 6) is 0.658. The fraction of sp³-hybridized carbons (Fsp3) is 1.00. The second-order valence-corrected chi connectivity index (χ2v) is 6.11. The lowest BCUT2D eigenvalue weighted by Crippen LogP contribution is -2.43. The Morgan fingerprint density at radius 3 is 2.31 bits per heavy atom. The first kappa shape index (κ1) is 14.0. The quantitative estimate of drug-likeness (QED) is 0.643. The van der Waals surface area contributed by atoms with E-state index in [1.807, 2.05) is 0 Å². The smallest absolute Gasteiger partial charge is 0.0488 e. The molecule has 0 amide bonds. The van der Waals surface area contributed by atoms with E-state index in [2.05, 4.69) is 33.0 Å². The summed E-state index contributed by atoms with van der Waals surface area (Å²) >= 11 is 0. The van der Waals surface area contributed by atoms with Gasteiger partial charge in [-0.25, -0.2) is 0 Å². The monoisotopic (exact) mass is 227 g/mol. The predicted octanol–water partition coefficient (Wildman–Crippen LogP) is 3.22. The maximum Gasteiger partial charge on any atom is 0.0488 e. The molecule has 0 heterocycles. The third kappa shape index (κ3) is 4.84. The number of hydrogen-bond acceptors (Lipinski definition) is 2. The first-order valence-corrected chi connectivity index (χ1v) is 6.85. The Morgan fingerprint density at radius 2 is 1.88 bits per heavy atom. The van der Waals surface area contributed by atoms with Crippen LogP contribution in [0.4, 0.5) is 0 Å².